The third-order valence-corrected chi connectivity index (χ3v) is 3.89. The number of benzene rings is 1. The zero-order valence-corrected chi connectivity index (χ0v) is 10.5. The van der Waals surface area contributed by atoms with Crippen LogP contribution in [0.15, 0.2) is 30.3 Å². The molecule has 0 aromatic heterocycles. The highest BCUT2D eigenvalue weighted by atomic mass is 15.2. The zero-order chi connectivity index (χ0) is 11.7. The highest BCUT2D eigenvalue weighted by Gasteiger charge is 2.20. The zero-order valence-electron chi connectivity index (χ0n) is 10.5. The Morgan fingerprint density at radius 1 is 1.00 bits per heavy atom. The highest BCUT2D eigenvalue weighted by Crippen LogP contribution is 2.29. The van der Waals surface area contributed by atoms with Gasteiger partial charge in [-0.25, -0.2) is 0 Å². The number of fused-ring (bicyclic) bond motifs is 1. The molecule has 17 heavy (non-hydrogen) atoms. The lowest BCUT2D eigenvalue weighted by atomic mass is 9.94. The fourth-order valence-electron chi connectivity index (χ4n) is 2.81. The van der Waals surface area contributed by atoms with Gasteiger partial charge < -0.3 is 9.80 Å². The summed E-state index contributed by atoms with van der Waals surface area (Å²) in [6, 6.07) is 8.87. The first kappa shape index (κ1) is 10.8. The van der Waals surface area contributed by atoms with Crippen LogP contribution >= 0.6 is 0 Å². The fourth-order valence-corrected chi connectivity index (χ4v) is 2.81. The lowest BCUT2D eigenvalue weighted by Gasteiger charge is -2.37. The Morgan fingerprint density at radius 2 is 1.76 bits per heavy atom. The average Bonchev–Trinajstić information content (AvgIpc) is 2.39. The van der Waals surface area contributed by atoms with E-state index in [9.17, 15) is 0 Å². The van der Waals surface area contributed by atoms with Crippen LogP contribution in [-0.2, 0) is 6.42 Å². The second-order valence-corrected chi connectivity index (χ2v) is 5.08. The maximum absolute atomic E-state index is 2.55. The Kier molecular flexibility index (Phi) is 2.89. The fraction of sp³-hybridized carbons (Fsp3) is 0.467. The summed E-state index contributed by atoms with van der Waals surface area (Å²) < 4.78 is 0. The molecule has 0 N–H and O–H groups in total. The molecule has 2 aliphatic rings. The summed E-state index contributed by atoms with van der Waals surface area (Å²) in [5.41, 5.74) is 4.45. The van der Waals surface area contributed by atoms with Gasteiger partial charge in [-0.2, -0.15) is 0 Å². The number of allylic oxidation sites excluding steroid dienone is 1. The van der Waals surface area contributed by atoms with E-state index in [0.29, 0.717) is 0 Å². The van der Waals surface area contributed by atoms with Crippen molar-refractivity contribution >= 4 is 5.70 Å². The van der Waals surface area contributed by atoms with Gasteiger partial charge >= 0.3 is 0 Å². The van der Waals surface area contributed by atoms with E-state index in [1.54, 1.807) is 0 Å². The minimum Gasteiger partial charge on any atom is -0.369 e. The predicted octanol–water partition coefficient (Wildman–Crippen LogP) is 2.22. The van der Waals surface area contributed by atoms with Crippen molar-refractivity contribution in [1.82, 2.24) is 9.80 Å². The number of hydrogen-bond acceptors (Lipinski definition) is 2. The van der Waals surface area contributed by atoms with Crippen molar-refractivity contribution in [3.63, 3.8) is 0 Å². The summed E-state index contributed by atoms with van der Waals surface area (Å²) in [6.45, 7) is 4.69. The summed E-state index contributed by atoms with van der Waals surface area (Å²) >= 11 is 0. The standard InChI is InChI=1S/C15H20N2/c1-16-9-11-17(12-10-16)15-8-4-6-13-5-2-3-7-14(13)15/h2-3,5,7-8H,4,6,9-12H2,1H3. The lowest BCUT2D eigenvalue weighted by molar-refractivity contribution is 0.206. The third-order valence-electron chi connectivity index (χ3n) is 3.89. The van der Waals surface area contributed by atoms with Crippen LogP contribution in [0.3, 0.4) is 0 Å². The number of nitrogens with zero attached hydrogens (tertiary/aromatic N) is 2. The largest absolute Gasteiger partial charge is 0.369 e. The molecule has 2 heteroatoms. The first-order valence-electron chi connectivity index (χ1n) is 6.56. The van der Waals surface area contributed by atoms with Crippen molar-refractivity contribution in [2.75, 3.05) is 33.2 Å². The molecular weight excluding hydrogens is 208 g/mol. The van der Waals surface area contributed by atoms with Gasteiger partial charge in [-0.3, -0.25) is 0 Å². The molecule has 0 amide bonds. The van der Waals surface area contributed by atoms with Crippen LogP contribution in [0.4, 0.5) is 0 Å². The number of likely N-dealkylation sites (N-methyl/N-ethyl adjacent to an activating group) is 1. The van der Waals surface area contributed by atoms with Gasteiger partial charge in [0.25, 0.3) is 0 Å². The second-order valence-electron chi connectivity index (χ2n) is 5.08. The van der Waals surface area contributed by atoms with E-state index in [1.807, 2.05) is 0 Å². The molecule has 1 heterocycles. The molecule has 1 aromatic rings. The predicted molar refractivity (Wildman–Crippen MR) is 71.8 cm³/mol. The van der Waals surface area contributed by atoms with Crippen LogP contribution in [0.1, 0.15) is 17.5 Å². The molecule has 1 aromatic carbocycles. The summed E-state index contributed by atoms with van der Waals surface area (Å²) in [7, 11) is 2.21. The maximum Gasteiger partial charge on any atom is 0.0403 e. The maximum atomic E-state index is 2.55. The van der Waals surface area contributed by atoms with Gasteiger partial charge in [0.05, 0.1) is 0 Å². The molecule has 1 fully saturated rings. The van der Waals surface area contributed by atoms with Crippen molar-refractivity contribution in [1.29, 1.82) is 0 Å². The van der Waals surface area contributed by atoms with Gasteiger partial charge in [0.2, 0.25) is 0 Å². The molecule has 3 rings (SSSR count). The minimum absolute atomic E-state index is 1.16. The van der Waals surface area contributed by atoms with E-state index >= 15 is 0 Å². The molecule has 0 atom stereocenters. The van der Waals surface area contributed by atoms with Crippen molar-refractivity contribution in [2.45, 2.75) is 12.8 Å². The third kappa shape index (κ3) is 2.09. The minimum atomic E-state index is 1.16. The molecule has 1 aliphatic carbocycles. The number of piperazine rings is 1. The molecule has 0 saturated carbocycles. The van der Waals surface area contributed by atoms with E-state index in [1.165, 1.54) is 42.8 Å². The number of rotatable bonds is 1. The normalized spacial score (nSPS) is 21.0. The van der Waals surface area contributed by atoms with Gasteiger partial charge in [0.15, 0.2) is 0 Å². The smallest absolute Gasteiger partial charge is 0.0403 e. The summed E-state index contributed by atoms with van der Waals surface area (Å²) in [4.78, 5) is 4.96. The first-order valence-corrected chi connectivity index (χ1v) is 6.56. The van der Waals surface area contributed by atoms with Crippen molar-refractivity contribution in [3.8, 4) is 0 Å². The topological polar surface area (TPSA) is 6.48 Å². The quantitative estimate of drug-likeness (QED) is 0.727. The van der Waals surface area contributed by atoms with Crippen LogP contribution in [0.25, 0.3) is 5.70 Å². The van der Waals surface area contributed by atoms with Gasteiger partial charge in [0.1, 0.15) is 0 Å². The molecule has 1 aliphatic heterocycles. The van der Waals surface area contributed by atoms with Gasteiger partial charge in [0, 0.05) is 37.4 Å². The summed E-state index contributed by atoms with van der Waals surface area (Å²) in [5, 5.41) is 0. The summed E-state index contributed by atoms with van der Waals surface area (Å²) in [6.07, 6.45) is 4.82. The molecule has 90 valence electrons. The summed E-state index contributed by atoms with van der Waals surface area (Å²) in [5.74, 6) is 0. The molecule has 2 nitrogen and oxygen atoms in total. The van der Waals surface area contributed by atoms with Crippen LogP contribution < -0.4 is 0 Å². The Labute approximate surface area is 104 Å². The van der Waals surface area contributed by atoms with Crippen molar-refractivity contribution in [2.24, 2.45) is 0 Å². The Hall–Kier alpha value is -1.28. The van der Waals surface area contributed by atoms with E-state index in [-0.39, 0.29) is 0 Å². The van der Waals surface area contributed by atoms with Gasteiger partial charge in [-0.05, 0) is 25.5 Å². The van der Waals surface area contributed by atoms with Crippen LogP contribution in [0, 0.1) is 0 Å². The van der Waals surface area contributed by atoms with Gasteiger partial charge in [-0.15, -0.1) is 0 Å². The molecule has 1 saturated heterocycles. The average molecular weight is 228 g/mol. The highest BCUT2D eigenvalue weighted by molar-refractivity contribution is 5.68. The molecular formula is C15H20N2. The molecule has 0 spiro atoms. The van der Waals surface area contributed by atoms with Crippen molar-refractivity contribution in [3.05, 3.63) is 41.5 Å². The first-order chi connectivity index (χ1) is 8.34. The van der Waals surface area contributed by atoms with Crippen LogP contribution in [0.2, 0.25) is 0 Å². The lowest BCUT2D eigenvalue weighted by Crippen LogP contribution is -2.43. The molecule has 0 radical (unpaired) electrons. The Balaban J connectivity index is 1.86. The van der Waals surface area contributed by atoms with Crippen LogP contribution in [-0.4, -0.2) is 43.0 Å². The van der Waals surface area contributed by atoms with Crippen LogP contribution in [0.5, 0.6) is 0 Å². The van der Waals surface area contributed by atoms with E-state index in [0.717, 1.165) is 13.1 Å². The van der Waals surface area contributed by atoms with Crippen molar-refractivity contribution < 1.29 is 0 Å². The SMILES string of the molecule is CN1CCN(C2=CCCc3ccccc32)CC1. The monoisotopic (exact) mass is 228 g/mol. The van der Waals surface area contributed by atoms with E-state index in [2.05, 4.69) is 47.2 Å². The molecule has 0 unspecified atom stereocenters. The van der Waals surface area contributed by atoms with Gasteiger partial charge in [-0.1, -0.05) is 30.3 Å². The Morgan fingerprint density at radius 3 is 2.59 bits per heavy atom. The number of aryl methyl sites for hydroxylation is 1. The number of hydrogen-bond donors (Lipinski definition) is 0. The van der Waals surface area contributed by atoms with E-state index in [4.69, 9.17) is 0 Å². The Bertz CT molecular complexity index is 428. The molecule has 0 bridgehead atoms. The van der Waals surface area contributed by atoms with E-state index < -0.39 is 0 Å². The second kappa shape index (κ2) is 4.53.